The first-order chi connectivity index (χ1) is 17.1. The second kappa shape index (κ2) is 10.1. The van der Waals surface area contributed by atoms with Crippen LogP contribution < -0.4 is 14.8 Å². The molecule has 1 N–H and O–H groups in total. The van der Waals surface area contributed by atoms with Crippen molar-refractivity contribution < 1.29 is 19.0 Å². The zero-order valence-corrected chi connectivity index (χ0v) is 20.3. The van der Waals surface area contributed by atoms with E-state index in [1.54, 1.807) is 20.4 Å². The van der Waals surface area contributed by atoms with Gasteiger partial charge >= 0.3 is 0 Å². The number of amides is 1. The monoisotopic (exact) mass is 476 g/mol. The Hall–Kier alpha value is -3.36. The van der Waals surface area contributed by atoms with E-state index in [0.29, 0.717) is 13.1 Å². The average Bonchev–Trinajstić information content (AvgIpc) is 3.39. The van der Waals surface area contributed by atoms with Crippen molar-refractivity contribution in [2.24, 2.45) is 0 Å². The van der Waals surface area contributed by atoms with Gasteiger partial charge in [-0.05, 0) is 48.2 Å². The summed E-state index contributed by atoms with van der Waals surface area (Å²) in [6, 6.07) is 15.9. The second-order valence-electron chi connectivity index (χ2n) is 9.20. The van der Waals surface area contributed by atoms with Crippen molar-refractivity contribution in [3.05, 3.63) is 77.9 Å². The van der Waals surface area contributed by atoms with Gasteiger partial charge in [0.2, 0.25) is 0 Å². The molecule has 1 saturated heterocycles. The maximum absolute atomic E-state index is 13.1. The molecule has 3 aromatic rings. The van der Waals surface area contributed by atoms with Gasteiger partial charge in [0.15, 0.2) is 6.10 Å². The van der Waals surface area contributed by atoms with Crippen LogP contribution in [-0.4, -0.2) is 53.8 Å². The minimum Gasteiger partial charge on any atom is -0.497 e. The number of hydrogen-bond acceptors (Lipinski definition) is 6. The lowest BCUT2D eigenvalue weighted by Crippen LogP contribution is -2.53. The molecule has 1 atom stereocenters. The summed E-state index contributed by atoms with van der Waals surface area (Å²) in [5, 5.41) is 3.04. The Morgan fingerprint density at radius 1 is 1.09 bits per heavy atom. The number of aromatic nitrogens is 2. The van der Waals surface area contributed by atoms with Crippen molar-refractivity contribution in [1.82, 2.24) is 19.8 Å². The number of imidazole rings is 1. The Balaban J connectivity index is 1.23. The third-order valence-corrected chi connectivity index (χ3v) is 6.98. The average molecular weight is 477 g/mol. The highest BCUT2D eigenvalue weighted by molar-refractivity contribution is 5.81. The number of likely N-dealkylation sites (tertiary alicyclic amines) is 1. The van der Waals surface area contributed by atoms with Gasteiger partial charge in [-0.15, -0.1) is 0 Å². The van der Waals surface area contributed by atoms with E-state index in [1.165, 1.54) is 5.56 Å². The van der Waals surface area contributed by atoms with Gasteiger partial charge in [-0.25, -0.2) is 4.98 Å². The van der Waals surface area contributed by atoms with Gasteiger partial charge in [-0.1, -0.05) is 24.3 Å². The highest BCUT2D eigenvalue weighted by Gasteiger charge is 2.47. The minimum absolute atomic E-state index is 0.104. The zero-order chi connectivity index (χ0) is 24.3. The van der Waals surface area contributed by atoms with Crippen LogP contribution in [0.15, 0.2) is 60.9 Å². The molecule has 1 fully saturated rings. The van der Waals surface area contributed by atoms with Gasteiger partial charge in [0, 0.05) is 38.6 Å². The van der Waals surface area contributed by atoms with Crippen LogP contribution in [-0.2, 0) is 34.8 Å². The smallest absolute Gasteiger partial charge is 0.251 e. The molecular formula is C27H32N4O4. The summed E-state index contributed by atoms with van der Waals surface area (Å²) in [6.45, 7) is 3.51. The third-order valence-electron chi connectivity index (χ3n) is 6.98. The van der Waals surface area contributed by atoms with E-state index in [2.05, 4.69) is 31.9 Å². The van der Waals surface area contributed by atoms with Crippen molar-refractivity contribution in [3.8, 4) is 11.5 Å². The van der Waals surface area contributed by atoms with Crippen LogP contribution in [0.5, 0.6) is 11.5 Å². The van der Waals surface area contributed by atoms with Crippen LogP contribution in [0.4, 0.5) is 0 Å². The summed E-state index contributed by atoms with van der Waals surface area (Å²) < 4.78 is 19.2. The van der Waals surface area contributed by atoms with E-state index in [9.17, 15) is 4.79 Å². The highest BCUT2D eigenvalue weighted by Crippen LogP contribution is 2.40. The number of carbonyl (C=O) groups is 1. The SMILES string of the molecule is COc1ccc(CN2CCC3(CC2)O[C@@H](C(=O)NCc2cccc(OC)c2)Cn2ccnc23)cc1. The molecule has 0 bridgehead atoms. The van der Waals surface area contributed by atoms with Crippen LogP contribution in [0.1, 0.15) is 29.8 Å². The molecule has 8 heteroatoms. The number of hydrogen-bond donors (Lipinski definition) is 1. The maximum Gasteiger partial charge on any atom is 0.251 e. The molecule has 0 radical (unpaired) electrons. The van der Waals surface area contributed by atoms with Gasteiger partial charge in [-0.2, -0.15) is 0 Å². The van der Waals surface area contributed by atoms with E-state index >= 15 is 0 Å². The molecule has 0 unspecified atom stereocenters. The normalized spacial score (nSPS) is 19.2. The first kappa shape index (κ1) is 23.4. The van der Waals surface area contributed by atoms with Crippen LogP contribution in [0, 0.1) is 0 Å². The van der Waals surface area contributed by atoms with E-state index in [-0.39, 0.29) is 5.91 Å². The molecule has 3 heterocycles. The topological polar surface area (TPSA) is 77.9 Å². The van der Waals surface area contributed by atoms with E-state index in [4.69, 9.17) is 14.2 Å². The molecule has 2 aromatic carbocycles. The number of fused-ring (bicyclic) bond motifs is 2. The molecule has 0 saturated carbocycles. The molecular weight excluding hydrogens is 444 g/mol. The van der Waals surface area contributed by atoms with Crippen LogP contribution in [0.2, 0.25) is 0 Å². The Morgan fingerprint density at radius 3 is 2.60 bits per heavy atom. The second-order valence-corrected chi connectivity index (χ2v) is 9.20. The number of nitrogens with one attached hydrogen (secondary N) is 1. The third kappa shape index (κ3) is 5.04. The van der Waals surface area contributed by atoms with Crippen molar-refractivity contribution in [1.29, 1.82) is 0 Å². The molecule has 8 nitrogen and oxygen atoms in total. The number of rotatable bonds is 7. The molecule has 1 aromatic heterocycles. The van der Waals surface area contributed by atoms with Crippen LogP contribution in [0.3, 0.4) is 0 Å². The number of methoxy groups -OCH3 is 2. The fraction of sp³-hybridized carbons (Fsp3) is 0.407. The summed E-state index contributed by atoms with van der Waals surface area (Å²) >= 11 is 0. The van der Waals surface area contributed by atoms with Gasteiger partial charge in [0.1, 0.15) is 22.9 Å². The maximum atomic E-state index is 13.1. The largest absolute Gasteiger partial charge is 0.497 e. The molecule has 1 spiro atoms. The molecule has 35 heavy (non-hydrogen) atoms. The summed E-state index contributed by atoms with van der Waals surface area (Å²) in [5.74, 6) is 2.46. The lowest BCUT2D eigenvalue weighted by molar-refractivity contribution is -0.174. The first-order valence-electron chi connectivity index (χ1n) is 12.0. The summed E-state index contributed by atoms with van der Waals surface area (Å²) in [4.78, 5) is 20.2. The lowest BCUT2D eigenvalue weighted by atomic mass is 9.88. The summed E-state index contributed by atoms with van der Waals surface area (Å²) in [5.41, 5.74) is 1.69. The van der Waals surface area contributed by atoms with E-state index in [1.807, 2.05) is 42.6 Å². The van der Waals surface area contributed by atoms with Crippen molar-refractivity contribution in [3.63, 3.8) is 0 Å². The molecule has 2 aliphatic heterocycles. The zero-order valence-electron chi connectivity index (χ0n) is 20.3. The number of benzene rings is 2. The lowest BCUT2D eigenvalue weighted by Gasteiger charge is -2.45. The fourth-order valence-corrected chi connectivity index (χ4v) is 5.02. The number of ether oxygens (including phenoxy) is 3. The quantitative estimate of drug-likeness (QED) is 0.565. The Morgan fingerprint density at radius 2 is 1.86 bits per heavy atom. The van der Waals surface area contributed by atoms with Crippen molar-refractivity contribution in [2.45, 2.75) is 44.2 Å². The first-order valence-corrected chi connectivity index (χ1v) is 12.0. The van der Waals surface area contributed by atoms with E-state index in [0.717, 1.165) is 55.4 Å². The van der Waals surface area contributed by atoms with Crippen LogP contribution >= 0.6 is 0 Å². The van der Waals surface area contributed by atoms with Crippen molar-refractivity contribution in [2.75, 3.05) is 27.3 Å². The van der Waals surface area contributed by atoms with Gasteiger partial charge in [0.05, 0.1) is 20.8 Å². The van der Waals surface area contributed by atoms with Gasteiger partial charge < -0.3 is 24.1 Å². The van der Waals surface area contributed by atoms with Gasteiger partial charge in [-0.3, -0.25) is 9.69 Å². The van der Waals surface area contributed by atoms with Gasteiger partial charge in [0.25, 0.3) is 5.91 Å². The standard InChI is InChI=1S/C27H32N4O4/c1-33-22-8-6-20(7-9-22)18-30-13-10-27(11-14-30)26-28-12-15-31(26)19-24(35-27)25(32)29-17-21-4-3-5-23(16-21)34-2/h3-9,12,15-16,24H,10-11,13-14,17-19H2,1-2H3,(H,29,32)/t24-/m1/s1. The summed E-state index contributed by atoms with van der Waals surface area (Å²) in [7, 11) is 3.32. The number of nitrogens with zero attached hydrogens (tertiary/aromatic N) is 3. The van der Waals surface area contributed by atoms with Crippen molar-refractivity contribution >= 4 is 5.91 Å². The fourth-order valence-electron chi connectivity index (χ4n) is 5.02. The summed E-state index contributed by atoms with van der Waals surface area (Å²) in [6.07, 6.45) is 4.78. The molecule has 5 rings (SSSR count). The van der Waals surface area contributed by atoms with Crippen LogP contribution in [0.25, 0.3) is 0 Å². The number of carbonyl (C=O) groups excluding carboxylic acids is 1. The predicted octanol–water partition coefficient (Wildman–Crippen LogP) is 3.11. The Kier molecular flexibility index (Phi) is 6.74. The molecule has 0 aliphatic carbocycles. The Labute approximate surface area is 205 Å². The van der Waals surface area contributed by atoms with E-state index < -0.39 is 11.7 Å². The molecule has 184 valence electrons. The minimum atomic E-state index is -0.560. The highest BCUT2D eigenvalue weighted by atomic mass is 16.5. The number of piperidine rings is 1. The predicted molar refractivity (Wildman–Crippen MR) is 131 cm³/mol. The molecule has 1 amide bonds. The Bertz CT molecular complexity index is 1150. The molecule has 2 aliphatic rings.